The largest absolute Gasteiger partial charge is 0.378 e. The summed E-state index contributed by atoms with van der Waals surface area (Å²) < 4.78 is 20.1. The number of nitrogens with one attached hydrogen (secondary N) is 1. The fourth-order valence-corrected chi connectivity index (χ4v) is 2.82. The Bertz CT molecular complexity index is 875. The van der Waals surface area contributed by atoms with Gasteiger partial charge < -0.3 is 15.0 Å². The minimum absolute atomic E-state index is 0.200. The molecule has 0 aliphatic carbocycles. The Labute approximate surface area is 150 Å². The van der Waals surface area contributed by atoms with E-state index < -0.39 is 11.7 Å². The zero-order valence-electron chi connectivity index (χ0n) is 14.8. The second-order valence-corrected chi connectivity index (χ2v) is 6.23. The molecular formula is C18H21FN4O3. The first-order valence-corrected chi connectivity index (χ1v) is 8.41. The molecular weight excluding hydrogens is 339 g/mol. The lowest BCUT2D eigenvalue weighted by molar-refractivity contribution is -0.116. The van der Waals surface area contributed by atoms with Gasteiger partial charge in [-0.05, 0) is 31.5 Å². The van der Waals surface area contributed by atoms with E-state index in [0.29, 0.717) is 43.6 Å². The molecule has 7 nitrogen and oxygen atoms in total. The molecule has 1 aromatic carbocycles. The molecule has 1 aliphatic rings. The van der Waals surface area contributed by atoms with Crippen LogP contribution in [0.5, 0.6) is 0 Å². The van der Waals surface area contributed by atoms with E-state index in [4.69, 9.17) is 4.74 Å². The highest BCUT2D eigenvalue weighted by atomic mass is 19.1. The van der Waals surface area contributed by atoms with E-state index in [1.165, 1.54) is 22.8 Å². The first kappa shape index (κ1) is 18.1. The van der Waals surface area contributed by atoms with Crippen molar-refractivity contribution in [1.29, 1.82) is 0 Å². The Morgan fingerprint density at radius 3 is 2.73 bits per heavy atom. The summed E-state index contributed by atoms with van der Waals surface area (Å²) in [4.78, 5) is 31.3. The molecule has 2 heterocycles. The van der Waals surface area contributed by atoms with Crippen molar-refractivity contribution in [2.24, 2.45) is 0 Å². The topological polar surface area (TPSA) is 76.5 Å². The number of carbonyl (C=O) groups is 1. The van der Waals surface area contributed by atoms with Gasteiger partial charge in [0.1, 0.15) is 12.4 Å². The number of carbonyl (C=O) groups excluding carboxylic acids is 1. The van der Waals surface area contributed by atoms with Crippen molar-refractivity contribution in [3.63, 3.8) is 0 Å². The van der Waals surface area contributed by atoms with Crippen LogP contribution >= 0.6 is 0 Å². The third-order valence-corrected chi connectivity index (χ3v) is 4.19. The predicted molar refractivity (Wildman–Crippen MR) is 96.0 cm³/mol. The number of benzene rings is 1. The highest BCUT2D eigenvalue weighted by Gasteiger charge is 2.19. The van der Waals surface area contributed by atoms with E-state index in [1.807, 2.05) is 4.90 Å². The van der Waals surface area contributed by atoms with E-state index in [-0.39, 0.29) is 12.1 Å². The summed E-state index contributed by atoms with van der Waals surface area (Å²) in [5.74, 6) is -0.403. The van der Waals surface area contributed by atoms with Crippen LogP contribution < -0.4 is 15.8 Å². The Morgan fingerprint density at radius 2 is 2.00 bits per heavy atom. The number of anilines is 2. The molecule has 1 N–H and O–H groups in total. The molecule has 0 bridgehead atoms. The third kappa shape index (κ3) is 4.08. The van der Waals surface area contributed by atoms with Gasteiger partial charge in [0.15, 0.2) is 0 Å². The van der Waals surface area contributed by atoms with Gasteiger partial charge in [-0.25, -0.2) is 9.37 Å². The first-order chi connectivity index (χ1) is 12.4. The van der Waals surface area contributed by atoms with Gasteiger partial charge in [-0.3, -0.25) is 14.2 Å². The number of amides is 1. The number of rotatable bonds is 4. The van der Waals surface area contributed by atoms with Gasteiger partial charge in [-0.2, -0.15) is 0 Å². The summed E-state index contributed by atoms with van der Waals surface area (Å²) in [7, 11) is 0. The lowest BCUT2D eigenvalue weighted by atomic mass is 10.2. The normalized spacial score (nSPS) is 14.3. The average molecular weight is 360 g/mol. The maximum Gasteiger partial charge on any atom is 0.255 e. The van der Waals surface area contributed by atoms with Gasteiger partial charge in [0.2, 0.25) is 11.9 Å². The number of hydrogen-bond acceptors (Lipinski definition) is 5. The van der Waals surface area contributed by atoms with Crippen LogP contribution in [0.1, 0.15) is 11.3 Å². The van der Waals surface area contributed by atoms with Crippen LogP contribution in [0, 0.1) is 19.7 Å². The highest BCUT2D eigenvalue weighted by Crippen LogP contribution is 2.17. The maximum atomic E-state index is 13.4. The van der Waals surface area contributed by atoms with Crippen molar-refractivity contribution >= 4 is 17.5 Å². The summed E-state index contributed by atoms with van der Waals surface area (Å²) in [6.07, 6.45) is 0. The number of morpholine rings is 1. The minimum Gasteiger partial charge on any atom is -0.378 e. The van der Waals surface area contributed by atoms with E-state index in [2.05, 4.69) is 10.3 Å². The summed E-state index contributed by atoms with van der Waals surface area (Å²) in [5.41, 5.74) is 1.41. The monoisotopic (exact) mass is 360 g/mol. The molecule has 0 radical (unpaired) electrons. The smallest absolute Gasteiger partial charge is 0.255 e. The molecule has 1 aliphatic heterocycles. The average Bonchev–Trinajstić information content (AvgIpc) is 2.61. The van der Waals surface area contributed by atoms with Gasteiger partial charge in [-0.15, -0.1) is 0 Å². The molecule has 2 aromatic rings. The molecule has 8 heteroatoms. The summed E-state index contributed by atoms with van der Waals surface area (Å²) in [6.45, 7) is 5.59. The van der Waals surface area contributed by atoms with Crippen LogP contribution in [0.25, 0.3) is 0 Å². The molecule has 1 aromatic heterocycles. The minimum atomic E-state index is -0.436. The van der Waals surface area contributed by atoms with Crippen LogP contribution in [0.15, 0.2) is 29.1 Å². The Balaban J connectivity index is 1.85. The highest BCUT2D eigenvalue weighted by molar-refractivity contribution is 5.91. The van der Waals surface area contributed by atoms with E-state index >= 15 is 0 Å². The van der Waals surface area contributed by atoms with Crippen molar-refractivity contribution in [1.82, 2.24) is 9.55 Å². The van der Waals surface area contributed by atoms with Crippen molar-refractivity contribution in [3.05, 3.63) is 51.7 Å². The van der Waals surface area contributed by atoms with Crippen molar-refractivity contribution in [3.8, 4) is 0 Å². The molecule has 26 heavy (non-hydrogen) atoms. The molecule has 3 rings (SSSR count). The van der Waals surface area contributed by atoms with Crippen molar-refractivity contribution < 1.29 is 13.9 Å². The summed E-state index contributed by atoms with van der Waals surface area (Å²) >= 11 is 0. The molecule has 0 spiro atoms. The molecule has 0 saturated carbocycles. The van der Waals surface area contributed by atoms with Crippen LogP contribution in [-0.2, 0) is 16.1 Å². The fraction of sp³-hybridized carbons (Fsp3) is 0.389. The van der Waals surface area contributed by atoms with Crippen molar-refractivity contribution in [2.75, 3.05) is 36.5 Å². The van der Waals surface area contributed by atoms with Gasteiger partial charge >= 0.3 is 0 Å². The first-order valence-electron chi connectivity index (χ1n) is 8.41. The Hall–Kier alpha value is -2.74. The zero-order valence-corrected chi connectivity index (χ0v) is 14.8. The zero-order chi connectivity index (χ0) is 18.7. The van der Waals surface area contributed by atoms with Crippen LogP contribution in [0.3, 0.4) is 0 Å². The maximum absolute atomic E-state index is 13.4. The van der Waals surface area contributed by atoms with Gasteiger partial charge in [-0.1, -0.05) is 6.07 Å². The lowest BCUT2D eigenvalue weighted by Crippen LogP contribution is -2.41. The molecule has 1 saturated heterocycles. The Kier molecular flexibility index (Phi) is 5.32. The quantitative estimate of drug-likeness (QED) is 0.894. The van der Waals surface area contributed by atoms with Crippen molar-refractivity contribution in [2.45, 2.75) is 20.4 Å². The number of ether oxygens (including phenoxy) is 1. The second kappa shape index (κ2) is 7.65. The number of aryl methyl sites for hydroxylation is 2. The van der Waals surface area contributed by atoms with Gasteiger partial charge in [0, 0.05) is 30.5 Å². The molecule has 138 valence electrons. The van der Waals surface area contributed by atoms with Crippen LogP contribution in [0.2, 0.25) is 0 Å². The number of aromatic nitrogens is 2. The number of hydrogen-bond donors (Lipinski definition) is 1. The molecule has 1 fully saturated rings. The standard InChI is InChI=1S/C18H21FN4O3/c1-12-3-4-14(19)10-15(12)21-16(24)11-23-17(25)9-13(2)20-18(23)22-5-7-26-8-6-22/h3-4,9-10H,5-8,11H2,1-2H3,(H,21,24). The number of halogens is 1. The molecule has 1 amide bonds. The second-order valence-electron chi connectivity index (χ2n) is 6.23. The number of nitrogens with zero attached hydrogens (tertiary/aromatic N) is 3. The SMILES string of the molecule is Cc1cc(=O)n(CC(=O)Nc2cc(F)ccc2C)c(N2CCOCC2)n1. The molecule has 0 unspecified atom stereocenters. The van der Waals surface area contributed by atoms with E-state index in [0.717, 1.165) is 5.56 Å². The van der Waals surface area contributed by atoms with Gasteiger partial charge in [0.25, 0.3) is 5.56 Å². The van der Waals surface area contributed by atoms with Crippen LogP contribution in [-0.4, -0.2) is 41.8 Å². The lowest BCUT2D eigenvalue weighted by Gasteiger charge is -2.29. The van der Waals surface area contributed by atoms with Gasteiger partial charge in [0.05, 0.1) is 13.2 Å². The summed E-state index contributed by atoms with van der Waals surface area (Å²) in [5, 5.41) is 2.66. The van der Waals surface area contributed by atoms with E-state index in [9.17, 15) is 14.0 Å². The summed E-state index contributed by atoms with van der Waals surface area (Å²) in [6, 6.07) is 5.57. The fourth-order valence-electron chi connectivity index (χ4n) is 2.82. The van der Waals surface area contributed by atoms with Crippen LogP contribution in [0.4, 0.5) is 16.0 Å². The predicted octanol–water partition coefficient (Wildman–Crippen LogP) is 1.47. The van der Waals surface area contributed by atoms with E-state index in [1.54, 1.807) is 19.9 Å². The Morgan fingerprint density at radius 1 is 1.27 bits per heavy atom. The molecule has 0 atom stereocenters. The third-order valence-electron chi connectivity index (χ3n) is 4.19.